The van der Waals surface area contributed by atoms with E-state index in [1.165, 1.54) is 62.0 Å². The van der Waals surface area contributed by atoms with Gasteiger partial charge in [0.1, 0.15) is 5.82 Å². The lowest BCUT2D eigenvalue weighted by Gasteiger charge is -2.42. The standard InChI is InChI=1S/C42H47FN2/c1-7-10-16-29-26-30-21-25-45-40-37(30)34(27-29)41(5,6)39-35(43)20-19-32(38(39)40)33(42(45,8-2)9-3)22-24-44-23-14-13-18-36(44)31-17-12-11-15-28(31)4/h11-12,14-15,17,19-23,25-27H,7-10,13,16,18,24H2,1-6H3/q+2. The van der Waals surface area contributed by atoms with E-state index in [0.29, 0.717) is 0 Å². The van der Waals surface area contributed by atoms with Crippen molar-refractivity contribution in [1.29, 1.82) is 0 Å². The van der Waals surface area contributed by atoms with Crippen LogP contribution in [0.5, 0.6) is 0 Å². The monoisotopic (exact) mass is 598 g/mol. The molecule has 1 aromatic heterocycles. The average Bonchev–Trinajstić information content (AvgIpc) is 3.05. The molecule has 3 aromatic carbocycles. The maximum absolute atomic E-state index is 16.3. The van der Waals surface area contributed by atoms with Crippen LogP contribution in [0.1, 0.15) is 107 Å². The number of benzene rings is 3. The highest BCUT2D eigenvalue weighted by atomic mass is 19.1. The Hall–Kier alpha value is -3.85. The van der Waals surface area contributed by atoms with Crippen molar-refractivity contribution in [2.45, 2.75) is 97.4 Å². The molecule has 4 aromatic rings. The molecule has 3 aliphatic rings. The van der Waals surface area contributed by atoms with Gasteiger partial charge < -0.3 is 0 Å². The molecule has 0 fully saturated rings. The quantitative estimate of drug-likeness (QED) is 0.178. The zero-order valence-electron chi connectivity index (χ0n) is 27.9. The van der Waals surface area contributed by atoms with E-state index in [4.69, 9.17) is 0 Å². The molecule has 0 spiro atoms. The zero-order chi connectivity index (χ0) is 31.5. The number of unbranched alkanes of at least 4 members (excludes halogenated alkanes) is 1. The Morgan fingerprint density at radius 2 is 1.76 bits per heavy atom. The van der Waals surface area contributed by atoms with E-state index < -0.39 is 5.41 Å². The number of aromatic nitrogens is 1. The predicted octanol–water partition coefficient (Wildman–Crippen LogP) is 9.95. The second kappa shape index (κ2) is 11.2. The maximum atomic E-state index is 16.3. The topological polar surface area (TPSA) is 6.89 Å². The normalized spacial score (nSPS) is 18.2. The van der Waals surface area contributed by atoms with Crippen molar-refractivity contribution in [2.75, 3.05) is 6.54 Å². The molecule has 0 unspecified atom stereocenters. The van der Waals surface area contributed by atoms with Crippen molar-refractivity contribution in [3.8, 4) is 11.3 Å². The summed E-state index contributed by atoms with van der Waals surface area (Å²) in [6, 6.07) is 19.7. The van der Waals surface area contributed by atoms with Gasteiger partial charge in [0.15, 0.2) is 30.2 Å². The Morgan fingerprint density at radius 1 is 0.956 bits per heavy atom. The highest BCUT2D eigenvalue weighted by molar-refractivity contribution is 6.04. The molecule has 45 heavy (non-hydrogen) atoms. The van der Waals surface area contributed by atoms with Gasteiger partial charge in [-0.05, 0) is 78.1 Å². The predicted molar refractivity (Wildman–Crippen MR) is 186 cm³/mol. The van der Waals surface area contributed by atoms with Gasteiger partial charge in [-0.15, -0.1) is 0 Å². The fraction of sp³-hybridized carbons (Fsp3) is 0.381. The second-order valence-electron chi connectivity index (χ2n) is 13.9. The van der Waals surface area contributed by atoms with E-state index >= 15 is 4.39 Å². The summed E-state index contributed by atoms with van der Waals surface area (Å²) in [5.41, 5.74) is 11.7. The van der Waals surface area contributed by atoms with Gasteiger partial charge in [-0.3, -0.25) is 0 Å². The Balaban J connectivity index is 1.50. The summed E-state index contributed by atoms with van der Waals surface area (Å²) in [7, 11) is 0. The van der Waals surface area contributed by atoms with Crippen LogP contribution in [0.3, 0.4) is 0 Å². The summed E-state index contributed by atoms with van der Waals surface area (Å²) < 4.78 is 21.2. The molecule has 0 saturated heterocycles. The van der Waals surface area contributed by atoms with Gasteiger partial charge in [-0.1, -0.05) is 77.4 Å². The van der Waals surface area contributed by atoms with Crippen LogP contribution in [0.2, 0.25) is 0 Å². The van der Waals surface area contributed by atoms with E-state index in [0.717, 1.165) is 56.2 Å². The van der Waals surface area contributed by atoms with E-state index in [1.54, 1.807) is 6.07 Å². The minimum absolute atomic E-state index is 0.0964. The molecule has 0 N–H and O–H groups in total. The summed E-state index contributed by atoms with van der Waals surface area (Å²) in [5, 5.41) is 2.59. The SMILES string of the molecule is CCCCc1cc2c3c4[n+](ccc3c1)C(CC)(CC)C(=CC[N+]1=C(c3ccccc3C)CCC=C1)c1ccc(F)c(c1-4)C2(C)C. The molecule has 0 amide bonds. The number of rotatable bonds is 8. The summed E-state index contributed by atoms with van der Waals surface area (Å²) in [6.07, 6.45) is 16.7. The van der Waals surface area contributed by atoms with Crippen molar-refractivity contribution >= 4 is 22.1 Å². The highest BCUT2D eigenvalue weighted by Crippen LogP contribution is 2.55. The van der Waals surface area contributed by atoms with Crippen LogP contribution in [0.25, 0.3) is 27.6 Å². The molecule has 0 saturated carbocycles. The summed E-state index contributed by atoms with van der Waals surface area (Å²) >= 11 is 0. The van der Waals surface area contributed by atoms with Crippen LogP contribution >= 0.6 is 0 Å². The number of nitrogens with zero attached hydrogens (tertiary/aromatic N) is 2. The van der Waals surface area contributed by atoms with Crippen LogP contribution in [-0.2, 0) is 17.4 Å². The molecular formula is C42H47FN2+2. The minimum Gasteiger partial charge on any atom is -0.207 e. The first-order chi connectivity index (χ1) is 21.8. The number of halogens is 1. The van der Waals surface area contributed by atoms with Crippen LogP contribution in [-0.4, -0.2) is 16.8 Å². The number of pyridine rings is 1. The fourth-order valence-electron chi connectivity index (χ4n) is 8.74. The zero-order valence-corrected chi connectivity index (χ0v) is 27.9. The van der Waals surface area contributed by atoms with Crippen LogP contribution in [0.15, 0.2) is 79.1 Å². The smallest absolute Gasteiger partial charge is 0.207 e. The van der Waals surface area contributed by atoms with E-state index in [-0.39, 0.29) is 11.4 Å². The largest absolute Gasteiger partial charge is 0.222 e. The van der Waals surface area contributed by atoms with Crippen molar-refractivity contribution in [2.24, 2.45) is 0 Å². The molecule has 0 atom stereocenters. The lowest BCUT2D eigenvalue weighted by atomic mass is 9.64. The lowest BCUT2D eigenvalue weighted by molar-refractivity contribution is -0.740. The first-order valence-corrected chi connectivity index (χ1v) is 17.2. The average molecular weight is 599 g/mol. The molecule has 0 bridgehead atoms. The first kappa shape index (κ1) is 29.8. The van der Waals surface area contributed by atoms with Gasteiger partial charge in [-0.25, -0.2) is 4.39 Å². The third-order valence-corrected chi connectivity index (χ3v) is 11.2. The van der Waals surface area contributed by atoms with Gasteiger partial charge >= 0.3 is 0 Å². The molecule has 2 aliphatic heterocycles. The summed E-state index contributed by atoms with van der Waals surface area (Å²) in [5.74, 6) is -0.0964. The third kappa shape index (κ3) is 4.41. The Kier molecular flexibility index (Phi) is 7.42. The van der Waals surface area contributed by atoms with Gasteiger partial charge in [0.05, 0.1) is 10.9 Å². The fourth-order valence-corrected chi connectivity index (χ4v) is 8.74. The molecule has 230 valence electrons. The van der Waals surface area contributed by atoms with Crippen LogP contribution in [0.4, 0.5) is 4.39 Å². The lowest BCUT2D eigenvalue weighted by Crippen LogP contribution is -2.60. The number of hydrogen-bond acceptors (Lipinski definition) is 0. The van der Waals surface area contributed by atoms with Crippen molar-refractivity contribution in [1.82, 2.24) is 0 Å². The van der Waals surface area contributed by atoms with Crippen molar-refractivity contribution in [3.63, 3.8) is 0 Å². The van der Waals surface area contributed by atoms with Gasteiger partial charge in [0.2, 0.25) is 5.69 Å². The number of allylic oxidation sites excluding steroid dienone is 2. The Morgan fingerprint density at radius 3 is 2.51 bits per heavy atom. The molecule has 0 radical (unpaired) electrons. The van der Waals surface area contributed by atoms with Crippen molar-refractivity contribution < 1.29 is 13.5 Å². The summed E-state index contributed by atoms with van der Waals surface area (Å²) in [4.78, 5) is 0. The first-order valence-electron chi connectivity index (χ1n) is 17.2. The van der Waals surface area contributed by atoms with Gasteiger partial charge in [0, 0.05) is 47.4 Å². The third-order valence-electron chi connectivity index (χ3n) is 11.2. The second-order valence-corrected chi connectivity index (χ2v) is 13.9. The Labute approximate surface area is 268 Å². The molecule has 1 aliphatic carbocycles. The van der Waals surface area contributed by atoms with Gasteiger partial charge in [-0.2, -0.15) is 9.14 Å². The highest BCUT2D eigenvalue weighted by Gasteiger charge is 2.53. The van der Waals surface area contributed by atoms with E-state index in [2.05, 4.69) is 124 Å². The molecule has 3 heteroatoms. The maximum Gasteiger partial charge on any atom is 0.222 e. The van der Waals surface area contributed by atoms with Crippen LogP contribution < -0.4 is 4.57 Å². The molecule has 7 rings (SSSR count). The van der Waals surface area contributed by atoms with E-state index in [1.807, 2.05) is 0 Å². The Bertz CT molecular complexity index is 1930. The summed E-state index contributed by atoms with van der Waals surface area (Å²) in [6.45, 7) is 14.4. The molecule has 3 heterocycles. The van der Waals surface area contributed by atoms with Gasteiger partial charge in [0.25, 0.3) is 0 Å². The number of aryl methyl sites for hydroxylation is 2. The van der Waals surface area contributed by atoms with Crippen molar-refractivity contribution in [3.05, 3.63) is 118 Å². The minimum atomic E-state index is -0.451. The number of hydrogen-bond donors (Lipinski definition) is 0. The molecular weight excluding hydrogens is 551 g/mol. The van der Waals surface area contributed by atoms with E-state index in [9.17, 15) is 0 Å². The molecule has 2 nitrogen and oxygen atoms in total. The van der Waals surface area contributed by atoms with Crippen LogP contribution in [0, 0.1) is 12.7 Å².